The van der Waals surface area contributed by atoms with E-state index >= 15 is 0 Å². The van der Waals surface area contributed by atoms with Gasteiger partial charge in [0.15, 0.2) is 22.8 Å². The largest absolute Gasteiger partial charge is 0.493 e. The van der Waals surface area contributed by atoms with Gasteiger partial charge in [0, 0.05) is 28.4 Å². The average molecular weight is 733 g/mol. The number of fused-ring (bicyclic) bond motifs is 5. The molecule has 6 rings (SSSR count). The highest BCUT2D eigenvalue weighted by Crippen LogP contribution is 2.33. The van der Waals surface area contributed by atoms with Gasteiger partial charge in [-0.2, -0.15) is 0 Å². The van der Waals surface area contributed by atoms with Crippen LogP contribution in [0.25, 0.3) is 11.0 Å². The van der Waals surface area contributed by atoms with Crippen LogP contribution in [0.5, 0.6) is 5.75 Å². The first-order valence-electron chi connectivity index (χ1n) is 16.3. The molecule has 0 saturated heterocycles. The number of hydrogen-bond donors (Lipinski definition) is 3. The number of furan rings is 1. The van der Waals surface area contributed by atoms with Gasteiger partial charge in [-0.3, -0.25) is 19.2 Å². The van der Waals surface area contributed by atoms with E-state index in [4.69, 9.17) is 25.2 Å². The molecule has 13 nitrogen and oxygen atoms in total. The smallest absolute Gasteiger partial charge is 0.290 e. The molecule has 15 heteroatoms. The molecular formula is C36H37ClN6O7S. The summed E-state index contributed by atoms with van der Waals surface area (Å²) in [5.74, 6) is -1.58. The fraction of sp³-hybridized carbons (Fsp3) is 0.333. The lowest BCUT2D eigenvalue weighted by Gasteiger charge is -2.28. The maximum absolute atomic E-state index is 14.3. The van der Waals surface area contributed by atoms with Crippen LogP contribution in [0.15, 0.2) is 62.7 Å². The third kappa shape index (κ3) is 7.92. The zero-order valence-electron chi connectivity index (χ0n) is 28.6. The Labute approximate surface area is 302 Å². The third-order valence-electron chi connectivity index (χ3n) is 8.45. The molecule has 51 heavy (non-hydrogen) atoms. The van der Waals surface area contributed by atoms with Gasteiger partial charge in [0.25, 0.3) is 17.7 Å². The van der Waals surface area contributed by atoms with Crippen LogP contribution in [0.3, 0.4) is 0 Å². The molecule has 0 saturated carbocycles. The molecule has 3 atom stereocenters. The molecule has 2 aromatic carbocycles. The van der Waals surface area contributed by atoms with Crippen molar-refractivity contribution in [2.45, 2.75) is 52.2 Å². The highest BCUT2D eigenvalue weighted by molar-refractivity contribution is 7.09. The lowest BCUT2D eigenvalue weighted by molar-refractivity contribution is -0.123. The Morgan fingerprint density at radius 2 is 1.82 bits per heavy atom. The molecule has 4 heterocycles. The van der Waals surface area contributed by atoms with E-state index < -0.39 is 48.3 Å². The van der Waals surface area contributed by atoms with Crippen molar-refractivity contribution in [2.24, 2.45) is 5.92 Å². The highest BCUT2D eigenvalue weighted by Gasteiger charge is 2.32. The predicted octanol–water partition coefficient (Wildman–Crippen LogP) is 5.65. The summed E-state index contributed by atoms with van der Waals surface area (Å²) in [5.41, 5.74) is 1.42. The van der Waals surface area contributed by atoms with Gasteiger partial charge in [0.2, 0.25) is 11.8 Å². The van der Waals surface area contributed by atoms with Crippen LogP contribution in [0.4, 0.5) is 0 Å². The number of oxazole rings is 1. The number of halogens is 1. The second kappa shape index (κ2) is 15.0. The van der Waals surface area contributed by atoms with Gasteiger partial charge in [0.1, 0.15) is 29.0 Å². The molecule has 0 unspecified atom stereocenters. The van der Waals surface area contributed by atoms with E-state index in [1.165, 1.54) is 29.4 Å². The van der Waals surface area contributed by atoms with Gasteiger partial charge < -0.3 is 34.4 Å². The first kappa shape index (κ1) is 35.6. The van der Waals surface area contributed by atoms with E-state index in [0.717, 1.165) is 5.56 Å². The van der Waals surface area contributed by atoms with Crippen molar-refractivity contribution >= 4 is 57.5 Å². The minimum absolute atomic E-state index is 0.0529. The molecule has 0 spiro atoms. The Hall–Kier alpha value is -5.21. The van der Waals surface area contributed by atoms with Crippen LogP contribution >= 0.6 is 22.9 Å². The molecule has 1 aliphatic heterocycles. The quantitative estimate of drug-likeness (QED) is 0.207. The number of amides is 4. The second-order valence-corrected chi connectivity index (χ2v) is 14.0. The summed E-state index contributed by atoms with van der Waals surface area (Å²) in [7, 11) is 1.47. The fourth-order valence-corrected chi connectivity index (χ4v) is 6.91. The summed E-state index contributed by atoms with van der Waals surface area (Å²) >= 11 is 7.51. The summed E-state index contributed by atoms with van der Waals surface area (Å²) in [6, 6.07) is 12.3. The van der Waals surface area contributed by atoms with Gasteiger partial charge in [-0.1, -0.05) is 55.8 Å². The zero-order valence-corrected chi connectivity index (χ0v) is 30.2. The first-order chi connectivity index (χ1) is 24.4. The highest BCUT2D eigenvalue weighted by atomic mass is 35.5. The van der Waals surface area contributed by atoms with Gasteiger partial charge in [0.05, 0.1) is 19.2 Å². The average Bonchev–Trinajstić information content (AvgIpc) is 3.85. The Bertz CT molecular complexity index is 2090. The predicted molar refractivity (Wildman–Crippen MR) is 190 cm³/mol. The molecule has 266 valence electrons. The molecule has 3 N–H and O–H groups in total. The van der Waals surface area contributed by atoms with Crippen molar-refractivity contribution in [3.63, 3.8) is 0 Å². The van der Waals surface area contributed by atoms with Crippen molar-refractivity contribution in [1.29, 1.82) is 0 Å². The number of aryl methyl sites for hydroxylation is 1. The SMILES string of the molecule is COc1cc(Cl)cc2cc(C(=O)N3CC(=O)N[C@@H](C(C)C)c4nc(c(C)o4)C(=O)N[C@H](C)c4nc(cs4)C(=O)N[C@H](Cc4ccccc4)C3)oc12. The van der Waals surface area contributed by atoms with E-state index in [0.29, 0.717) is 33.2 Å². The molecule has 4 amide bonds. The number of thiazole rings is 1. The molecular weight excluding hydrogens is 696 g/mol. The van der Waals surface area contributed by atoms with Gasteiger partial charge in [-0.25, -0.2) is 9.97 Å². The normalized spacial score (nSPS) is 18.9. The molecule has 1 aliphatic rings. The Kier molecular flexibility index (Phi) is 10.4. The molecule has 0 aliphatic carbocycles. The van der Waals surface area contributed by atoms with E-state index in [1.807, 2.05) is 44.2 Å². The van der Waals surface area contributed by atoms with Crippen molar-refractivity contribution in [1.82, 2.24) is 30.8 Å². The van der Waals surface area contributed by atoms with Crippen molar-refractivity contribution in [3.05, 3.63) is 98.3 Å². The third-order valence-corrected chi connectivity index (χ3v) is 9.70. The van der Waals surface area contributed by atoms with E-state index in [-0.39, 0.29) is 41.3 Å². The summed E-state index contributed by atoms with van der Waals surface area (Å²) in [6.45, 7) is 6.64. The summed E-state index contributed by atoms with van der Waals surface area (Å²) in [4.78, 5) is 65.4. The first-order valence-corrected chi connectivity index (χ1v) is 17.6. The maximum atomic E-state index is 14.3. The topological polar surface area (TPSA) is 169 Å². The molecule has 0 radical (unpaired) electrons. The van der Waals surface area contributed by atoms with Crippen LogP contribution in [0, 0.1) is 12.8 Å². The van der Waals surface area contributed by atoms with Crippen LogP contribution in [0.2, 0.25) is 5.02 Å². The number of aromatic nitrogens is 2. The number of methoxy groups -OCH3 is 1. The molecule has 4 bridgehead atoms. The molecule has 5 aromatic rings. The number of benzene rings is 2. The van der Waals surface area contributed by atoms with Crippen LogP contribution < -0.4 is 20.7 Å². The minimum atomic E-state index is -0.732. The van der Waals surface area contributed by atoms with Gasteiger partial charge >= 0.3 is 0 Å². The Balaban J connectivity index is 1.42. The number of nitrogens with zero attached hydrogens (tertiary/aromatic N) is 3. The zero-order chi connectivity index (χ0) is 36.4. The number of hydrogen-bond acceptors (Lipinski definition) is 10. The number of ether oxygens (including phenoxy) is 1. The van der Waals surface area contributed by atoms with Crippen LogP contribution in [0.1, 0.15) is 86.6 Å². The number of nitrogens with one attached hydrogen (secondary N) is 3. The van der Waals surface area contributed by atoms with Crippen LogP contribution in [-0.4, -0.2) is 64.7 Å². The Morgan fingerprint density at radius 3 is 2.55 bits per heavy atom. The maximum Gasteiger partial charge on any atom is 0.290 e. The van der Waals surface area contributed by atoms with Crippen molar-refractivity contribution < 1.29 is 32.7 Å². The monoisotopic (exact) mass is 732 g/mol. The summed E-state index contributed by atoms with van der Waals surface area (Å²) in [5, 5.41) is 11.9. The van der Waals surface area contributed by atoms with Crippen molar-refractivity contribution in [2.75, 3.05) is 20.2 Å². The fourth-order valence-electron chi connectivity index (χ4n) is 5.89. The van der Waals surface area contributed by atoms with E-state index in [1.54, 1.807) is 31.4 Å². The molecule has 0 fully saturated rings. The van der Waals surface area contributed by atoms with Gasteiger partial charge in [-0.15, -0.1) is 11.3 Å². The Morgan fingerprint density at radius 1 is 1.06 bits per heavy atom. The minimum Gasteiger partial charge on any atom is -0.493 e. The second-order valence-electron chi connectivity index (χ2n) is 12.7. The van der Waals surface area contributed by atoms with Crippen molar-refractivity contribution in [3.8, 4) is 5.75 Å². The van der Waals surface area contributed by atoms with Gasteiger partial charge in [-0.05, 0) is 43.9 Å². The standard InChI is InChI=1S/C36H37ClN6O7S/c1-18(2)29-34-42-30(20(4)49-34)33(46)38-19(3)35-40-25(17-51-35)32(45)39-24(11-21-9-7-6-8-10-21)15-43(16-28(44)41-29)36(47)27-13-22-12-23(37)14-26(48-5)31(22)50-27/h6-10,12-14,17-19,24,29H,11,15-16H2,1-5H3,(H,38,46)(H,39,45)(H,41,44)/t19-,24-,29+/m1/s1. The lowest BCUT2D eigenvalue weighted by Crippen LogP contribution is -2.50. The summed E-state index contributed by atoms with van der Waals surface area (Å²) in [6.07, 6.45) is 0.331. The van der Waals surface area contributed by atoms with E-state index in [9.17, 15) is 19.2 Å². The lowest BCUT2D eigenvalue weighted by atomic mass is 10.0. The number of carbonyl (C=O) groups is 4. The molecule has 3 aromatic heterocycles. The number of rotatable bonds is 5. The van der Waals surface area contributed by atoms with Crippen LogP contribution in [-0.2, 0) is 11.2 Å². The van der Waals surface area contributed by atoms with E-state index in [2.05, 4.69) is 25.9 Å². The summed E-state index contributed by atoms with van der Waals surface area (Å²) < 4.78 is 17.4. The number of carbonyl (C=O) groups excluding carboxylic acids is 4.